The van der Waals surface area contributed by atoms with Crippen molar-refractivity contribution in [3.05, 3.63) is 45.5 Å². The Morgan fingerprint density at radius 2 is 1.79 bits per heavy atom. The molecule has 0 radical (unpaired) electrons. The summed E-state index contributed by atoms with van der Waals surface area (Å²) >= 11 is 1.39. The molecule has 0 saturated heterocycles. The van der Waals surface area contributed by atoms with Crippen molar-refractivity contribution in [3.8, 4) is 28.6 Å². The van der Waals surface area contributed by atoms with Crippen molar-refractivity contribution in [2.45, 2.75) is 43.3 Å². The van der Waals surface area contributed by atoms with Crippen LogP contribution in [0.5, 0.6) is 17.2 Å². The van der Waals surface area contributed by atoms with Gasteiger partial charge in [0.2, 0.25) is 5.75 Å². The van der Waals surface area contributed by atoms with Crippen LogP contribution >= 0.6 is 11.8 Å². The highest BCUT2D eigenvalue weighted by molar-refractivity contribution is 8.02. The fourth-order valence-electron chi connectivity index (χ4n) is 4.12. The van der Waals surface area contributed by atoms with Crippen LogP contribution in [0, 0.1) is 10.1 Å². The molecule has 1 aliphatic carbocycles. The summed E-state index contributed by atoms with van der Waals surface area (Å²) in [6.07, 6.45) is 7.27. The molecule has 11 heteroatoms. The van der Waals surface area contributed by atoms with E-state index in [1.807, 2.05) is 12.1 Å². The lowest BCUT2D eigenvalue weighted by Crippen LogP contribution is -2.15. The molecule has 0 amide bonds. The smallest absolute Gasteiger partial charge is 0.433 e. The number of hydrogen-bond acceptors (Lipinski definition) is 9. The number of hydrogen-bond donors (Lipinski definition) is 0. The van der Waals surface area contributed by atoms with E-state index in [1.54, 1.807) is 38.9 Å². The molecule has 1 aliphatic rings. The van der Waals surface area contributed by atoms with Crippen molar-refractivity contribution in [2.75, 3.05) is 21.3 Å². The topological polar surface area (TPSA) is 115 Å². The molecule has 0 N–H and O–H groups in total. The van der Waals surface area contributed by atoms with Gasteiger partial charge < -0.3 is 18.6 Å². The van der Waals surface area contributed by atoms with Gasteiger partial charge in [-0.2, -0.15) is 0 Å². The molecule has 180 valence electrons. The molecule has 2 heterocycles. The van der Waals surface area contributed by atoms with E-state index >= 15 is 0 Å². The number of ether oxygens (including phenoxy) is 3. The number of furan rings is 1. The highest BCUT2D eigenvalue weighted by atomic mass is 32.2. The number of rotatable bonds is 9. The van der Waals surface area contributed by atoms with Gasteiger partial charge in [0.05, 0.1) is 27.4 Å². The number of thioether (sulfide) groups is 1. The van der Waals surface area contributed by atoms with Gasteiger partial charge in [-0.1, -0.05) is 31.0 Å². The SMILES string of the molecule is COc1cc(-c2nnc(SC=Cc3ccc([N+](=O)[O-])o3)n2C2CCCCC2)cc(OC)c1OC. The van der Waals surface area contributed by atoms with E-state index in [1.165, 1.54) is 24.2 Å². The van der Waals surface area contributed by atoms with Gasteiger partial charge in [0.15, 0.2) is 22.5 Å². The van der Waals surface area contributed by atoms with E-state index < -0.39 is 4.92 Å². The van der Waals surface area contributed by atoms with Gasteiger partial charge >= 0.3 is 5.88 Å². The third-order valence-corrected chi connectivity index (χ3v) is 6.49. The number of aromatic nitrogens is 3. The summed E-state index contributed by atoms with van der Waals surface area (Å²) < 4.78 is 23.9. The van der Waals surface area contributed by atoms with Gasteiger partial charge in [0, 0.05) is 11.6 Å². The molecule has 1 aromatic carbocycles. The maximum absolute atomic E-state index is 10.8. The van der Waals surface area contributed by atoms with Crippen LogP contribution in [0.1, 0.15) is 43.9 Å². The van der Waals surface area contributed by atoms with Crippen molar-refractivity contribution in [1.82, 2.24) is 14.8 Å². The van der Waals surface area contributed by atoms with Crippen LogP contribution in [-0.2, 0) is 0 Å². The van der Waals surface area contributed by atoms with Crippen LogP contribution in [-0.4, -0.2) is 41.0 Å². The third kappa shape index (κ3) is 4.89. The quantitative estimate of drug-likeness (QED) is 0.212. The first-order valence-corrected chi connectivity index (χ1v) is 11.8. The van der Waals surface area contributed by atoms with Crippen LogP contribution in [0.4, 0.5) is 5.88 Å². The Labute approximate surface area is 201 Å². The summed E-state index contributed by atoms with van der Waals surface area (Å²) in [7, 11) is 4.73. The molecule has 0 aliphatic heterocycles. The van der Waals surface area contributed by atoms with Crippen LogP contribution in [0.3, 0.4) is 0 Å². The van der Waals surface area contributed by atoms with Crippen LogP contribution in [0.15, 0.2) is 39.2 Å². The monoisotopic (exact) mass is 486 g/mol. The molecule has 0 spiro atoms. The molecular formula is C23H26N4O6S. The average molecular weight is 487 g/mol. The maximum Gasteiger partial charge on any atom is 0.433 e. The summed E-state index contributed by atoms with van der Waals surface area (Å²) in [6.45, 7) is 0. The lowest BCUT2D eigenvalue weighted by Gasteiger charge is -2.25. The first-order chi connectivity index (χ1) is 16.5. The minimum atomic E-state index is -0.562. The van der Waals surface area contributed by atoms with Gasteiger partial charge in [0.1, 0.15) is 10.7 Å². The van der Waals surface area contributed by atoms with Crippen molar-refractivity contribution >= 4 is 23.7 Å². The fourth-order valence-corrected chi connectivity index (χ4v) is 4.89. The highest BCUT2D eigenvalue weighted by Crippen LogP contribution is 2.43. The van der Waals surface area contributed by atoms with Gasteiger partial charge in [-0.25, -0.2) is 0 Å². The lowest BCUT2D eigenvalue weighted by molar-refractivity contribution is -0.402. The molecule has 1 fully saturated rings. The van der Waals surface area contributed by atoms with Crippen LogP contribution in [0.25, 0.3) is 17.5 Å². The van der Waals surface area contributed by atoms with E-state index in [9.17, 15) is 10.1 Å². The molecule has 3 aromatic rings. The zero-order valence-electron chi connectivity index (χ0n) is 19.2. The Morgan fingerprint density at radius 3 is 2.38 bits per heavy atom. The second-order valence-electron chi connectivity index (χ2n) is 7.74. The predicted octanol–water partition coefficient (Wildman–Crippen LogP) is 5.74. The molecule has 10 nitrogen and oxygen atoms in total. The van der Waals surface area contributed by atoms with E-state index in [2.05, 4.69) is 14.8 Å². The zero-order chi connectivity index (χ0) is 24.1. The Morgan fingerprint density at radius 1 is 1.09 bits per heavy atom. The molecule has 0 atom stereocenters. The molecule has 0 bridgehead atoms. The normalized spacial score (nSPS) is 14.4. The van der Waals surface area contributed by atoms with Gasteiger partial charge in [0.25, 0.3) is 0 Å². The largest absolute Gasteiger partial charge is 0.493 e. The second-order valence-corrected chi connectivity index (χ2v) is 8.61. The third-order valence-electron chi connectivity index (χ3n) is 5.73. The zero-order valence-corrected chi connectivity index (χ0v) is 20.0. The van der Waals surface area contributed by atoms with E-state index in [4.69, 9.17) is 18.6 Å². The summed E-state index contributed by atoms with van der Waals surface area (Å²) in [6, 6.07) is 6.90. The molecule has 0 unspecified atom stereocenters. The lowest BCUT2D eigenvalue weighted by atomic mass is 9.95. The van der Waals surface area contributed by atoms with E-state index in [-0.39, 0.29) is 11.9 Å². The summed E-state index contributed by atoms with van der Waals surface area (Å²) in [5.74, 6) is 2.43. The summed E-state index contributed by atoms with van der Waals surface area (Å²) in [4.78, 5) is 10.3. The van der Waals surface area contributed by atoms with Gasteiger partial charge in [-0.3, -0.25) is 14.7 Å². The van der Waals surface area contributed by atoms with Crippen LogP contribution in [0.2, 0.25) is 0 Å². The molecule has 4 rings (SSSR count). The second kappa shape index (κ2) is 10.6. The van der Waals surface area contributed by atoms with Crippen molar-refractivity contribution in [1.29, 1.82) is 0 Å². The number of benzene rings is 1. The molecule has 34 heavy (non-hydrogen) atoms. The summed E-state index contributed by atoms with van der Waals surface area (Å²) in [5, 5.41) is 22.3. The van der Waals surface area contributed by atoms with Crippen molar-refractivity contribution in [2.24, 2.45) is 0 Å². The highest BCUT2D eigenvalue weighted by Gasteiger charge is 2.25. The predicted molar refractivity (Wildman–Crippen MR) is 127 cm³/mol. The van der Waals surface area contributed by atoms with Gasteiger partial charge in [-0.15, -0.1) is 10.2 Å². The molecule has 1 saturated carbocycles. The number of nitrogens with zero attached hydrogens (tertiary/aromatic N) is 4. The van der Waals surface area contributed by atoms with Crippen LogP contribution < -0.4 is 14.2 Å². The number of nitro groups is 1. The Bertz CT molecular complexity index is 1160. The Hall–Kier alpha value is -3.47. The van der Waals surface area contributed by atoms with Crippen molar-refractivity contribution in [3.63, 3.8) is 0 Å². The standard InChI is InChI=1S/C23H26N4O6S/c1-30-18-13-15(14-19(31-2)21(18)32-3)22-24-25-23(26(22)16-7-5-4-6-8-16)34-12-11-17-9-10-20(33-17)27(28)29/h9-14,16H,4-8H2,1-3H3. The Kier molecular flexibility index (Phi) is 7.41. The van der Waals surface area contributed by atoms with Gasteiger partial charge in [-0.05, 0) is 42.5 Å². The first-order valence-electron chi connectivity index (χ1n) is 10.9. The average Bonchev–Trinajstić information content (AvgIpc) is 3.51. The Balaban J connectivity index is 1.70. The first kappa shape index (κ1) is 23.7. The fraction of sp³-hybridized carbons (Fsp3) is 0.391. The minimum Gasteiger partial charge on any atom is -0.493 e. The molecular weight excluding hydrogens is 460 g/mol. The number of methoxy groups -OCH3 is 3. The minimum absolute atomic E-state index is 0.262. The van der Waals surface area contributed by atoms with E-state index in [0.29, 0.717) is 23.0 Å². The molecule has 2 aromatic heterocycles. The maximum atomic E-state index is 10.8. The van der Waals surface area contributed by atoms with Crippen molar-refractivity contribution < 1.29 is 23.6 Å². The summed E-state index contributed by atoms with van der Waals surface area (Å²) in [5.41, 5.74) is 0.810. The van der Waals surface area contributed by atoms with E-state index in [0.717, 1.165) is 42.2 Å².